The molecule has 124 valence electrons. The van der Waals surface area contributed by atoms with Crippen molar-refractivity contribution in [1.82, 2.24) is 25.5 Å². The molecule has 0 amide bonds. The first-order valence-corrected chi connectivity index (χ1v) is 7.63. The SMILES string of the molecule is FC(F)(F)Cn1nnc(CN[C@@H]2CCC[C@@H]2c2ccccc2)n1. The molecular formula is C15H18F3N5. The molecule has 2 aromatic rings. The third-order valence-corrected chi connectivity index (χ3v) is 4.08. The second-order valence-electron chi connectivity index (χ2n) is 5.79. The third kappa shape index (κ3) is 4.28. The van der Waals surface area contributed by atoms with Crippen molar-refractivity contribution in [2.45, 2.75) is 50.5 Å². The van der Waals surface area contributed by atoms with Crippen LogP contribution >= 0.6 is 0 Å². The highest BCUT2D eigenvalue weighted by Gasteiger charge is 2.30. The summed E-state index contributed by atoms with van der Waals surface area (Å²) in [6.07, 6.45) is -1.06. The summed E-state index contributed by atoms with van der Waals surface area (Å²) >= 11 is 0. The minimum atomic E-state index is -4.34. The van der Waals surface area contributed by atoms with E-state index in [2.05, 4.69) is 32.9 Å². The van der Waals surface area contributed by atoms with E-state index in [1.54, 1.807) is 0 Å². The van der Waals surface area contributed by atoms with Crippen molar-refractivity contribution in [2.24, 2.45) is 0 Å². The smallest absolute Gasteiger partial charge is 0.306 e. The third-order valence-electron chi connectivity index (χ3n) is 4.08. The highest BCUT2D eigenvalue weighted by atomic mass is 19.4. The number of halogens is 3. The van der Waals surface area contributed by atoms with E-state index in [0.717, 1.165) is 19.3 Å². The topological polar surface area (TPSA) is 55.6 Å². The Labute approximate surface area is 131 Å². The summed E-state index contributed by atoms with van der Waals surface area (Å²) in [7, 11) is 0. The van der Waals surface area contributed by atoms with Crippen molar-refractivity contribution < 1.29 is 13.2 Å². The minimum Gasteiger partial charge on any atom is -0.306 e. The lowest BCUT2D eigenvalue weighted by atomic mass is 9.94. The maximum atomic E-state index is 12.3. The van der Waals surface area contributed by atoms with Crippen LogP contribution in [0.2, 0.25) is 0 Å². The van der Waals surface area contributed by atoms with E-state index in [4.69, 9.17) is 0 Å². The van der Waals surface area contributed by atoms with Gasteiger partial charge in [-0.1, -0.05) is 36.8 Å². The summed E-state index contributed by atoms with van der Waals surface area (Å²) in [6.45, 7) is -0.887. The molecule has 1 aliphatic carbocycles. The monoisotopic (exact) mass is 325 g/mol. The van der Waals surface area contributed by atoms with Gasteiger partial charge >= 0.3 is 6.18 Å². The lowest BCUT2D eigenvalue weighted by Gasteiger charge is -2.20. The van der Waals surface area contributed by atoms with Crippen molar-refractivity contribution in [3.8, 4) is 0 Å². The van der Waals surface area contributed by atoms with Crippen LogP contribution in [0.15, 0.2) is 30.3 Å². The van der Waals surface area contributed by atoms with Gasteiger partial charge in [0.25, 0.3) is 0 Å². The number of hydrogen-bond acceptors (Lipinski definition) is 4. The van der Waals surface area contributed by atoms with E-state index in [-0.39, 0.29) is 11.9 Å². The Balaban J connectivity index is 1.57. The number of nitrogens with one attached hydrogen (secondary N) is 1. The largest absolute Gasteiger partial charge is 0.409 e. The zero-order valence-corrected chi connectivity index (χ0v) is 12.5. The van der Waals surface area contributed by atoms with Gasteiger partial charge in [0.2, 0.25) is 0 Å². The predicted molar refractivity (Wildman–Crippen MR) is 77.5 cm³/mol. The summed E-state index contributed by atoms with van der Waals surface area (Å²) in [5.74, 6) is 0.703. The molecule has 0 aliphatic heterocycles. The number of rotatable bonds is 5. The van der Waals surface area contributed by atoms with E-state index >= 15 is 0 Å². The van der Waals surface area contributed by atoms with Crippen LogP contribution in [0.1, 0.15) is 36.6 Å². The maximum Gasteiger partial charge on any atom is 0.409 e. The summed E-state index contributed by atoms with van der Waals surface area (Å²) in [5.41, 5.74) is 1.29. The molecule has 1 N–H and O–H groups in total. The van der Waals surface area contributed by atoms with Crippen LogP contribution in [0.5, 0.6) is 0 Å². The average molecular weight is 325 g/mol. The van der Waals surface area contributed by atoms with Crippen LogP contribution < -0.4 is 5.32 Å². The summed E-state index contributed by atoms with van der Waals surface area (Å²) in [6, 6.07) is 10.5. The van der Waals surface area contributed by atoms with E-state index in [1.165, 1.54) is 5.56 Å². The van der Waals surface area contributed by atoms with Gasteiger partial charge in [0, 0.05) is 6.04 Å². The van der Waals surface area contributed by atoms with Crippen LogP contribution in [0.3, 0.4) is 0 Å². The Morgan fingerprint density at radius 3 is 2.70 bits per heavy atom. The van der Waals surface area contributed by atoms with Crippen molar-refractivity contribution in [2.75, 3.05) is 0 Å². The molecule has 0 saturated heterocycles. The molecule has 0 radical (unpaired) electrons. The highest BCUT2D eigenvalue weighted by Crippen LogP contribution is 2.34. The quantitative estimate of drug-likeness (QED) is 0.918. The van der Waals surface area contributed by atoms with E-state index in [1.807, 2.05) is 18.2 Å². The number of hydrogen-bond donors (Lipinski definition) is 1. The Kier molecular flexibility index (Phi) is 4.61. The summed E-state index contributed by atoms with van der Waals surface area (Å²) in [5, 5.41) is 14.2. The fourth-order valence-corrected chi connectivity index (χ4v) is 3.10. The van der Waals surface area contributed by atoms with Crippen LogP contribution in [0, 0.1) is 0 Å². The molecule has 0 unspecified atom stereocenters. The van der Waals surface area contributed by atoms with Gasteiger partial charge in [0.1, 0.15) is 0 Å². The molecule has 2 atom stereocenters. The van der Waals surface area contributed by atoms with E-state index < -0.39 is 12.7 Å². The van der Waals surface area contributed by atoms with E-state index in [9.17, 15) is 13.2 Å². The van der Waals surface area contributed by atoms with Crippen molar-refractivity contribution in [3.05, 3.63) is 41.7 Å². The minimum absolute atomic E-state index is 0.284. The van der Waals surface area contributed by atoms with Gasteiger partial charge in [-0.05, 0) is 29.5 Å². The fraction of sp³-hybridized carbons (Fsp3) is 0.533. The lowest BCUT2D eigenvalue weighted by Crippen LogP contribution is -2.31. The number of nitrogens with zero attached hydrogens (tertiary/aromatic N) is 4. The summed E-state index contributed by atoms with van der Waals surface area (Å²) < 4.78 is 36.8. The van der Waals surface area contributed by atoms with Gasteiger partial charge in [-0.15, -0.1) is 10.2 Å². The normalized spacial score (nSPS) is 21.7. The Hall–Kier alpha value is -1.96. The van der Waals surface area contributed by atoms with Crippen LogP contribution in [0.4, 0.5) is 13.2 Å². The van der Waals surface area contributed by atoms with Crippen molar-refractivity contribution in [3.63, 3.8) is 0 Å². The molecule has 1 heterocycles. The molecule has 23 heavy (non-hydrogen) atoms. The van der Waals surface area contributed by atoms with Gasteiger partial charge in [0.15, 0.2) is 12.4 Å². The average Bonchev–Trinajstić information content (AvgIpc) is 3.13. The lowest BCUT2D eigenvalue weighted by molar-refractivity contribution is -0.145. The molecule has 5 nitrogen and oxygen atoms in total. The van der Waals surface area contributed by atoms with Crippen molar-refractivity contribution in [1.29, 1.82) is 0 Å². The molecule has 8 heteroatoms. The molecule has 1 aromatic carbocycles. The molecule has 0 bridgehead atoms. The van der Waals surface area contributed by atoms with Gasteiger partial charge in [-0.2, -0.15) is 18.0 Å². The van der Waals surface area contributed by atoms with Crippen LogP contribution in [-0.4, -0.2) is 32.4 Å². The first-order valence-electron chi connectivity index (χ1n) is 7.63. The molecule has 1 saturated carbocycles. The standard InChI is InChI=1S/C15H18F3N5/c16-15(17,18)10-23-21-14(20-22-23)9-19-13-8-4-7-12(13)11-5-2-1-3-6-11/h1-3,5-6,12-13,19H,4,7-10H2/t12-,13-/m1/s1. The van der Waals surface area contributed by atoms with Gasteiger partial charge in [0.05, 0.1) is 6.54 Å². The molecule has 3 rings (SSSR count). The Morgan fingerprint density at radius 2 is 1.96 bits per heavy atom. The zero-order valence-electron chi connectivity index (χ0n) is 12.5. The first kappa shape index (κ1) is 15.9. The van der Waals surface area contributed by atoms with Gasteiger partial charge < -0.3 is 5.32 Å². The molecule has 1 aromatic heterocycles. The maximum absolute atomic E-state index is 12.3. The summed E-state index contributed by atoms with van der Waals surface area (Å²) in [4.78, 5) is 0.584. The zero-order chi connectivity index (χ0) is 16.3. The molecule has 1 fully saturated rings. The van der Waals surface area contributed by atoms with E-state index in [0.29, 0.717) is 17.3 Å². The number of benzene rings is 1. The molecule has 1 aliphatic rings. The van der Waals surface area contributed by atoms with Crippen molar-refractivity contribution >= 4 is 0 Å². The Bertz CT molecular complexity index is 626. The molecular weight excluding hydrogens is 307 g/mol. The van der Waals surface area contributed by atoms with Gasteiger partial charge in [-0.3, -0.25) is 0 Å². The highest BCUT2D eigenvalue weighted by molar-refractivity contribution is 5.22. The van der Waals surface area contributed by atoms with Gasteiger partial charge in [-0.25, -0.2) is 0 Å². The second-order valence-corrected chi connectivity index (χ2v) is 5.79. The second kappa shape index (κ2) is 6.66. The predicted octanol–water partition coefficient (Wildman–Crippen LogP) is 2.66. The first-order chi connectivity index (χ1) is 11.0. The molecule has 0 spiro atoms. The number of alkyl halides is 3. The van der Waals surface area contributed by atoms with Crippen LogP contribution in [0.25, 0.3) is 0 Å². The fourth-order valence-electron chi connectivity index (χ4n) is 3.10. The number of tetrazole rings is 1. The number of aromatic nitrogens is 4. The Morgan fingerprint density at radius 1 is 1.17 bits per heavy atom. The van der Waals surface area contributed by atoms with Crippen LogP contribution in [-0.2, 0) is 13.1 Å².